The lowest BCUT2D eigenvalue weighted by molar-refractivity contribution is -0.115. The highest BCUT2D eigenvalue weighted by atomic mass is 16.5. The molecular formula is C17H21NO3. The summed E-state index contributed by atoms with van der Waals surface area (Å²) in [6.45, 7) is 0.229. The number of ether oxygens (including phenoxy) is 1. The Kier molecular flexibility index (Phi) is 3.95. The first-order chi connectivity index (χ1) is 10.2. The van der Waals surface area contributed by atoms with Gasteiger partial charge in [-0.15, -0.1) is 0 Å². The van der Waals surface area contributed by atoms with Crippen LogP contribution in [0.5, 0.6) is 0 Å². The number of carbonyl (C=O) groups excluding carboxylic acids is 2. The van der Waals surface area contributed by atoms with E-state index >= 15 is 0 Å². The van der Waals surface area contributed by atoms with Crippen LogP contribution in [0, 0.1) is 11.3 Å². The van der Waals surface area contributed by atoms with Crippen LogP contribution in [0.25, 0.3) is 0 Å². The lowest BCUT2D eigenvalue weighted by Crippen LogP contribution is -2.53. The summed E-state index contributed by atoms with van der Waals surface area (Å²) in [4.78, 5) is 23.0. The molecule has 3 rings (SSSR count). The SMILES string of the molecule is O=CC(NC(=O)OCc1ccccc1)C1CC2(CCC2)C1. The van der Waals surface area contributed by atoms with Crippen molar-refractivity contribution < 1.29 is 14.3 Å². The fraction of sp³-hybridized carbons (Fsp3) is 0.529. The molecule has 1 aromatic carbocycles. The van der Waals surface area contributed by atoms with Crippen molar-refractivity contribution in [3.63, 3.8) is 0 Å². The number of aldehydes is 1. The largest absolute Gasteiger partial charge is 0.445 e. The zero-order chi connectivity index (χ0) is 14.7. The van der Waals surface area contributed by atoms with Crippen LogP contribution in [0.2, 0.25) is 0 Å². The smallest absolute Gasteiger partial charge is 0.408 e. The minimum atomic E-state index is -0.509. The monoisotopic (exact) mass is 287 g/mol. The van der Waals surface area contributed by atoms with Crippen LogP contribution in [-0.2, 0) is 16.1 Å². The maximum absolute atomic E-state index is 11.8. The lowest BCUT2D eigenvalue weighted by Gasteiger charge is -2.55. The molecule has 112 valence electrons. The number of hydrogen-bond donors (Lipinski definition) is 1. The average Bonchev–Trinajstić information content (AvgIpc) is 2.42. The molecule has 2 saturated carbocycles. The number of benzene rings is 1. The molecule has 0 aromatic heterocycles. The van der Waals surface area contributed by atoms with E-state index in [0.717, 1.165) is 24.7 Å². The molecule has 4 nitrogen and oxygen atoms in total. The Morgan fingerprint density at radius 1 is 1.33 bits per heavy atom. The Hall–Kier alpha value is -1.84. The zero-order valence-corrected chi connectivity index (χ0v) is 12.1. The quantitative estimate of drug-likeness (QED) is 0.847. The van der Waals surface area contributed by atoms with Crippen molar-refractivity contribution in [2.24, 2.45) is 11.3 Å². The minimum absolute atomic E-state index is 0.229. The van der Waals surface area contributed by atoms with Gasteiger partial charge in [-0.05, 0) is 42.6 Å². The summed E-state index contributed by atoms with van der Waals surface area (Å²) < 4.78 is 5.16. The average molecular weight is 287 g/mol. The summed E-state index contributed by atoms with van der Waals surface area (Å²) in [7, 11) is 0. The first-order valence-corrected chi connectivity index (χ1v) is 7.63. The Bertz CT molecular complexity index is 502. The summed E-state index contributed by atoms with van der Waals surface area (Å²) in [6, 6.07) is 9.11. The molecule has 4 heteroatoms. The van der Waals surface area contributed by atoms with Gasteiger partial charge in [0.2, 0.25) is 0 Å². The van der Waals surface area contributed by atoms with Gasteiger partial charge in [-0.2, -0.15) is 0 Å². The van der Waals surface area contributed by atoms with Crippen LogP contribution in [0.3, 0.4) is 0 Å². The number of hydrogen-bond acceptors (Lipinski definition) is 3. The van der Waals surface area contributed by atoms with Crippen LogP contribution in [0.4, 0.5) is 4.79 Å². The molecule has 0 radical (unpaired) electrons. The highest BCUT2D eigenvalue weighted by Crippen LogP contribution is 2.59. The predicted molar refractivity (Wildman–Crippen MR) is 78.6 cm³/mol. The molecule has 2 fully saturated rings. The van der Waals surface area contributed by atoms with Crippen molar-refractivity contribution >= 4 is 12.4 Å². The summed E-state index contributed by atoms with van der Waals surface area (Å²) in [5, 5.41) is 2.70. The van der Waals surface area contributed by atoms with E-state index in [-0.39, 0.29) is 12.5 Å². The number of carbonyl (C=O) groups is 2. The van der Waals surface area contributed by atoms with E-state index in [1.165, 1.54) is 19.3 Å². The fourth-order valence-electron chi connectivity index (χ4n) is 3.56. The van der Waals surface area contributed by atoms with Crippen molar-refractivity contribution in [3.8, 4) is 0 Å². The number of rotatable bonds is 5. The van der Waals surface area contributed by atoms with Crippen molar-refractivity contribution in [2.45, 2.75) is 44.8 Å². The summed E-state index contributed by atoms with van der Waals surface area (Å²) in [6.07, 6.45) is 6.35. The third kappa shape index (κ3) is 3.09. The minimum Gasteiger partial charge on any atom is -0.445 e. The Balaban J connectivity index is 1.43. The molecule has 21 heavy (non-hydrogen) atoms. The molecule has 2 aliphatic rings. The molecular weight excluding hydrogens is 266 g/mol. The first kappa shape index (κ1) is 14.1. The van der Waals surface area contributed by atoms with E-state index in [4.69, 9.17) is 4.74 Å². The Morgan fingerprint density at radius 2 is 2.05 bits per heavy atom. The molecule has 1 N–H and O–H groups in total. The van der Waals surface area contributed by atoms with Gasteiger partial charge in [0.15, 0.2) is 0 Å². The Labute approximate surface area is 124 Å². The summed E-state index contributed by atoms with van der Waals surface area (Å²) in [5.41, 5.74) is 1.44. The van der Waals surface area contributed by atoms with Gasteiger partial charge < -0.3 is 14.8 Å². The van der Waals surface area contributed by atoms with Crippen LogP contribution >= 0.6 is 0 Å². The molecule has 0 heterocycles. The van der Waals surface area contributed by atoms with Crippen LogP contribution in [0.15, 0.2) is 30.3 Å². The maximum atomic E-state index is 11.8. The standard InChI is InChI=1S/C17H21NO3/c19-11-15(14-9-17(10-14)7-4-8-17)18-16(20)21-12-13-5-2-1-3-6-13/h1-3,5-6,11,14-15H,4,7-10,12H2,(H,18,20). The number of alkyl carbamates (subject to hydrolysis) is 1. The summed E-state index contributed by atoms with van der Waals surface area (Å²) >= 11 is 0. The van der Waals surface area contributed by atoms with Gasteiger partial charge in [-0.1, -0.05) is 36.8 Å². The second-order valence-corrected chi connectivity index (χ2v) is 6.39. The van der Waals surface area contributed by atoms with E-state index in [1.807, 2.05) is 30.3 Å². The second-order valence-electron chi connectivity index (χ2n) is 6.39. The molecule has 1 spiro atoms. The summed E-state index contributed by atoms with van der Waals surface area (Å²) in [5.74, 6) is 0.284. The highest BCUT2D eigenvalue weighted by Gasteiger charge is 2.50. The second kappa shape index (κ2) is 5.88. The molecule has 0 aliphatic heterocycles. The number of nitrogens with one attached hydrogen (secondary N) is 1. The first-order valence-electron chi connectivity index (χ1n) is 7.63. The molecule has 1 aromatic rings. The van der Waals surface area contributed by atoms with E-state index in [0.29, 0.717) is 5.41 Å². The van der Waals surface area contributed by atoms with Gasteiger partial charge in [0.05, 0.1) is 6.04 Å². The van der Waals surface area contributed by atoms with Gasteiger partial charge in [-0.3, -0.25) is 0 Å². The van der Waals surface area contributed by atoms with E-state index < -0.39 is 12.1 Å². The third-order valence-corrected chi connectivity index (χ3v) is 4.96. The van der Waals surface area contributed by atoms with Crippen molar-refractivity contribution in [1.82, 2.24) is 5.32 Å². The van der Waals surface area contributed by atoms with Gasteiger partial charge in [0, 0.05) is 0 Å². The molecule has 1 atom stereocenters. The molecule has 0 bridgehead atoms. The van der Waals surface area contributed by atoms with Crippen LogP contribution in [-0.4, -0.2) is 18.4 Å². The molecule has 0 saturated heterocycles. The zero-order valence-electron chi connectivity index (χ0n) is 12.1. The number of amides is 1. The Morgan fingerprint density at radius 3 is 2.62 bits per heavy atom. The lowest BCUT2D eigenvalue weighted by atomic mass is 9.50. The topological polar surface area (TPSA) is 55.4 Å². The van der Waals surface area contributed by atoms with E-state index in [2.05, 4.69) is 5.32 Å². The maximum Gasteiger partial charge on any atom is 0.408 e. The van der Waals surface area contributed by atoms with Gasteiger partial charge in [0.25, 0.3) is 0 Å². The fourth-order valence-corrected chi connectivity index (χ4v) is 3.56. The van der Waals surface area contributed by atoms with Gasteiger partial charge >= 0.3 is 6.09 Å². The predicted octanol–water partition coefficient (Wildman–Crippen LogP) is 3.06. The van der Waals surface area contributed by atoms with E-state index in [9.17, 15) is 9.59 Å². The third-order valence-electron chi connectivity index (χ3n) is 4.96. The van der Waals surface area contributed by atoms with Crippen LogP contribution < -0.4 is 5.32 Å². The van der Waals surface area contributed by atoms with Gasteiger partial charge in [0.1, 0.15) is 12.9 Å². The molecule has 1 amide bonds. The van der Waals surface area contributed by atoms with Crippen LogP contribution in [0.1, 0.15) is 37.7 Å². The normalized spacial score (nSPS) is 21.0. The highest BCUT2D eigenvalue weighted by molar-refractivity contribution is 5.73. The molecule has 2 aliphatic carbocycles. The van der Waals surface area contributed by atoms with Crippen molar-refractivity contribution in [2.75, 3.05) is 0 Å². The van der Waals surface area contributed by atoms with Crippen molar-refractivity contribution in [1.29, 1.82) is 0 Å². The van der Waals surface area contributed by atoms with Gasteiger partial charge in [-0.25, -0.2) is 4.79 Å². The molecule has 1 unspecified atom stereocenters. The van der Waals surface area contributed by atoms with E-state index in [1.54, 1.807) is 0 Å². The van der Waals surface area contributed by atoms with Crippen molar-refractivity contribution in [3.05, 3.63) is 35.9 Å².